The molecule has 0 saturated carbocycles. The highest BCUT2D eigenvalue weighted by Gasteiger charge is 2.10. The third-order valence-corrected chi connectivity index (χ3v) is 5.61. The van der Waals surface area contributed by atoms with Crippen LogP contribution in [0.5, 0.6) is 5.75 Å². The van der Waals surface area contributed by atoms with Gasteiger partial charge in [-0.05, 0) is 85.8 Å². The second-order valence-electron chi connectivity index (χ2n) is 7.88. The Morgan fingerprint density at radius 3 is 2.48 bits per heavy atom. The normalized spacial score (nSPS) is 11.0. The molecular formula is C26H26N2O3. The monoisotopic (exact) mass is 414 g/mol. The molecule has 0 aliphatic carbocycles. The molecule has 1 N–H and O–H groups in total. The number of aryl methyl sites for hydroxylation is 3. The molecular weight excluding hydrogens is 388 g/mol. The predicted octanol–water partition coefficient (Wildman–Crippen LogP) is 5.42. The Balaban J connectivity index is 1.35. The molecule has 0 unspecified atom stereocenters. The van der Waals surface area contributed by atoms with Crippen LogP contribution in [0, 0.1) is 27.7 Å². The van der Waals surface area contributed by atoms with Crippen molar-refractivity contribution < 1.29 is 13.9 Å². The number of fused-ring (bicyclic) bond motifs is 1. The topological polar surface area (TPSA) is 64.4 Å². The van der Waals surface area contributed by atoms with Crippen LogP contribution >= 0.6 is 0 Å². The molecule has 4 rings (SSSR count). The Bertz CT molecular complexity index is 1200. The second-order valence-corrected chi connectivity index (χ2v) is 7.88. The lowest BCUT2D eigenvalue weighted by Crippen LogP contribution is -2.28. The van der Waals surface area contributed by atoms with Gasteiger partial charge < -0.3 is 14.5 Å². The summed E-state index contributed by atoms with van der Waals surface area (Å²) in [7, 11) is 0. The van der Waals surface area contributed by atoms with E-state index in [9.17, 15) is 4.79 Å². The number of rotatable bonds is 6. The molecule has 0 bridgehead atoms. The van der Waals surface area contributed by atoms with Gasteiger partial charge in [0.2, 0.25) is 5.89 Å². The molecule has 5 heteroatoms. The SMILES string of the molecule is Cc1cc2nc(-c3ccc(CNC(=O)COc4cccc(C)c4C)cc3)oc2cc1C. The van der Waals surface area contributed by atoms with E-state index < -0.39 is 0 Å². The first-order valence-corrected chi connectivity index (χ1v) is 10.3. The lowest BCUT2D eigenvalue weighted by Gasteiger charge is -2.11. The number of carbonyl (C=O) groups excluding carboxylic acids is 1. The van der Waals surface area contributed by atoms with E-state index in [0.29, 0.717) is 12.4 Å². The van der Waals surface area contributed by atoms with Crippen LogP contribution in [0.15, 0.2) is 59.0 Å². The Kier molecular flexibility index (Phi) is 5.76. The number of nitrogens with one attached hydrogen (secondary N) is 1. The van der Waals surface area contributed by atoms with Crippen LogP contribution in [0.1, 0.15) is 27.8 Å². The van der Waals surface area contributed by atoms with E-state index in [4.69, 9.17) is 9.15 Å². The Morgan fingerprint density at radius 1 is 0.968 bits per heavy atom. The number of aromatic nitrogens is 1. The minimum absolute atomic E-state index is 0.00981. The van der Waals surface area contributed by atoms with Crippen LogP contribution in [0.4, 0.5) is 0 Å². The Morgan fingerprint density at radius 2 is 1.71 bits per heavy atom. The van der Waals surface area contributed by atoms with Crippen molar-refractivity contribution in [1.82, 2.24) is 10.3 Å². The molecule has 0 radical (unpaired) electrons. The fourth-order valence-electron chi connectivity index (χ4n) is 3.34. The fourth-order valence-corrected chi connectivity index (χ4v) is 3.34. The molecule has 158 valence electrons. The number of ether oxygens (including phenoxy) is 1. The van der Waals surface area contributed by atoms with E-state index in [0.717, 1.165) is 39.1 Å². The van der Waals surface area contributed by atoms with Gasteiger partial charge in [-0.2, -0.15) is 0 Å². The van der Waals surface area contributed by atoms with Gasteiger partial charge in [-0.15, -0.1) is 0 Å². The molecule has 0 atom stereocenters. The molecule has 5 nitrogen and oxygen atoms in total. The number of hydrogen-bond donors (Lipinski definition) is 1. The lowest BCUT2D eigenvalue weighted by atomic mass is 10.1. The summed E-state index contributed by atoms with van der Waals surface area (Å²) in [5.41, 5.74) is 8.11. The largest absolute Gasteiger partial charge is 0.483 e. The molecule has 0 aliphatic rings. The van der Waals surface area contributed by atoms with Crippen LogP contribution in [-0.2, 0) is 11.3 Å². The first kappa shape index (κ1) is 20.7. The summed E-state index contributed by atoms with van der Waals surface area (Å²) in [4.78, 5) is 16.8. The van der Waals surface area contributed by atoms with Gasteiger partial charge in [-0.25, -0.2) is 4.98 Å². The van der Waals surface area contributed by atoms with E-state index in [-0.39, 0.29) is 12.5 Å². The van der Waals surface area contributed by atoms with E-state index >= 15 is 0 Å². The fraction of sp³-hybridized carbons (Fsp3) is 0.231. The van der Waals surface area contributed by atoms with Crippen LogP contribution in [0.25, 0.3) is 22.6 Å². The van der Waals surface area contributed by atoms with Gasteiger partial charge in [-0.3, -0.25) is 4.79 Å². The molecule has 0 fully saturated rings. The van der Waals surface area contributed by atoms with Crippen molar-refractivity contribution in [3.8, 4) is 17.2 Å². The second kappa shape index (κ2) is 8.64. The summed E-state index contributed by atoms with van der Waals surface area (Å²) < 4.78 is 11.6. The van der Waals surface area contributed by atoms with Crippen LogP contribution in [-0.4, -0.2) is 17.5 Å². The Labute approximate surface area is 182 Å². The maximum absolute atomic E-state index is 12.2. The van der Waals surface area contributed by atoms with Crippen LogP contribution < -0.4 is 10.1 Å². The predicted molar refractivity (Wildman–Crippen MR) is 122 cm³/mol. The number of amides is 1. The average Bonchev–Trinajstić information content (AvgIpc) is 3.16. The number of benzene rings is 3. The summed E-state index contributed by atoms with van der Waals surface area (Å²) in [6.45, 7) is 8.57. The van der Waals surface area contributed by atoms with Crippen molar-refractivity contribution >= 4 is 17.0 Å². The molecule has 3 aromatic carbocycles. The summed E-state index contributed by atoms with van der Waals surface area (Å²) in [6, 6.07) is 17.7. The van der Waals surface area contributed by atoms with E-state index in [1.54, 1.807) is 0 Å². The summed E-state index contributed by atoms with van der Waals surface area (Å²) in [5.74, 6) is 1.18. The molecule has 1 heterocycles. The van der Waals surface area contributed by atoms with Crippen molar-refractivity contribution in [2.75, 3.05) is 6.61 Å². The average molecular weight is 415 g/mol. The third-order valence-electron chi connectivity index (χ3n) is 5.61. The molecule has 1 amide bonds. The molecule has 31 heavy (non-hydrogen) atoms. The van der Waals surface area contributed by atoms with Crippen LogP contribution in [0.2, 0.25) is 0 Å². The minimum Gasteiger partial charge on any atom is -0.483 e. The van der Waals surface area contributed by atoms with Crippen molar-refractivity contribution in [2.45, 2.75) is 34.2 Å². The molecule has 0 aliphatic heterocycles. The van der Waals surface area contributed by atoms with Crippen molar-refractivity contribution in [1.29, 1.82) is 0 Å². The van der Waals surface area contributed by atoms with Crippen molar-refractivity contribution in [2.24, 2.45) is 0 Å². The highest BCUT2D eigenvalue weighted by molar-refractivity contribution is 5.78. The van der Waals surface area contributed by atoms with E-state index in [2.05, 4.69) is 24.1 Å². The van der Waals surface area contributed by atoms with E-state index in [1.807, 2.05) is 68.4 Å². The zero-order chi connectivity index (χ0) is 22.0. The van der Waals surface area contributed by atoms with Crippen molar-refractivity contribution in [3.63, 3.8) is 0 Å². The minimum atomic E-state index is -0.158. The zero-order valence-electron chi connectivity index (χ0n) is 18.3. The smallest absolute Gasteiger partial charge is 0.258 e. The standard InChI is InChI=1S/C26H26N2O3/c1-16-6-5-7-23(19(16)4)30-15-25(29)27-14-20-8-10-21(11-9-20)26-28-22-12-17(2)18(3)13-24(22)31-26/h5-13H,14-15H2,1-4H3,(H,27,29). The highest BCUT2D eigenvalue weighted by atomic mass is 16.5. The van der Waals surface area contributed by atoms with Gasteiger partial charge in [0.15, 0.2) is 12.2 Å². The van der Waals surface area contributed by atoms with Crippen molar-refractivity contribution in [3.05, 3.63) is 82.4 Å². The molecule has 1 aromatic heterocycles. The first-order chi connectivity index (χ1) is 14.9. The van der Waals surface area contributed by atoms with E-state index in [1.165, 1.54) is 11.1 Å². The van der Waals surface area contributed by atoms with Gasteiger partial charge >= 0.3 is 0 Å². The maximum atomic E-state index is 12.2. The van der Waals surface area contributed by atoms with Gasteiger partial charge in [0, 0.05) is 12.1 Å². The number of hydrogen-bond acceptors (Lipinski definition) is 4. The number of nitrogens with zero attached hydrogens (tertiary/aromatic N) is 1. The molecule has 4 aromatic rings. The Hall–Kier alpha value is -3.60. The first-order valence-electron chi connectivity index (χ1n) is 10.3. The third kappa shape index (κ3) is 4.61. The molecule has 0 spiro atoms. The summed E-state index contributed by atoms with van der Waals surface area (Å²) in [5, 5.41) is 2.89. The van der Waals surface area contributed by atoms with Gasteiger partial charge in [0.05, 0.1) is 0 Å². The summed E-state index contributed by atoms with van der Waals surface area (Å²) >= 11 is 0. The number of oxazole rings is 1. The highest BCUT2D eigenvalue weighted by Crippen LogP contribution is 2.26. The maximum Gasteiger partial charge on any atom is 0.258 e. The van der Waals surface area contributed by atoms with Gasteiger partial charge in [-0.1, -0.05) is 24.3 Å². The quantitative estimate of drug-likeness (QED) is 0.457. The number of carbonyl (C=O) groups is 1. The zero-order valence-corrected chi connectivity index (χ0v) is 18.3. The molecule has 0 saturated heterocycles. The summed E-state index contributed by atoms with van der Waals surface area (Å²) in [6.07, 6.45) is 0. The lowest BCUT2D eigenvalue weighted by molar-refractivity contribution is -0.123. The van der Waals surface area contributed by atoms with Gasteiger partial charge in [0.25, 0.3) is 5.91 Å². The van der Waals surface area contributed by atoms with Gasteiger partial charge in [0.1, 0.15) is 11.3 Å². The van der Waals surface area contributed by atoms with Crippen LogP contribution in [0.3, 0.4) is 0 Å².